The lowest BCUT2D eigenvalue weighted by Gasteiger charge is -2.25. The van der Waals surface area contributed by atoms with Crippen LogP contribution in [0, 0.1) is 0 Å². The maximum absolute atomic E-state index is 13.4. The first-order valence-electron chi connectivity index (χ1n) is 12.0. The molecule has 10 N–H and O–H groups in total. The van der Waals surface area contributed by atoms with E-state index in [-0.39, 0.29) is 31.4 Å². The number of thiol groups is 1. The number of carboxylic acids is 2. The zero-order valence-electron chi connectivity index (χ0n) is 20.9. The van der Waals surface area contributed by atoms with Crippen LogP contribution in [0.3, 0.4) is 0 Å². The van der Waals surface area contributed by atoms with Crippen molar-refractivity contribution in [2.24, 2.45) is 11.5 Å². The number of aliphatic carboxylic acids is 2. The number of aromatic amines is 1. The number of hydrogen-bond donors (Lipinski definition) is 9. The van der Waals surface area contributed by atoms with Crippen LogP contribution >= 0.6 is 12.6 Å². The van der Waals surface area contributed by atoms with E-state index in [4.69, 9.17) is 16.6 Å². The second kappa shape index (κ2) is 14.7. The summed E-state index contributed by atoms with van der Waals surface area (Å²) in [6.45, 7) is 0. The van der Waals surface area contributed by atoms with Gasteiger partial charge in [-0.1, -0.05) is 18.2 Å². The number of fused-ring (bicyclic) bond motifs is 1. The number of amides is 4. The normalized spacial score (nSPS) is 14.0. The second-order valence-corrected chi connectivity index (χ2v) is 9.18. The van der Waals surface area contributed by atoms with Crippen LogP contribution in [0.15, 0.2) is 30.5 Å². The molecule has 0 spiro atoms. The van der Waals surface area contributed by atoms with Crippen LogP contribution in [-0.4, -0.2) is 80.7 Å². The molecule has 0 aliphatic carbocycles. The zero-order valence-corrected chi connectivity index (χ0v) is 21.8. The molecule has 0 aliphatic heterocycles. The minimum absolute atomic E-state index is 0.0359. The molecule has 4 amide bonds. The summed E-state index contributed by atoms with van der Waals surface area (Å²) in [6, 6.07) is 2.00. The fourth-order valence-corrected chi connectivity index (χ4v) is 3.95. The Labute approximate surface area is 228 Å². The van der Waals surface area contributed by atoms with Crippen LogP contribution < -0.4 is 27.4 Å². The topological polar surface area (TPSA) is 247 Å². The molecular weight excluding hydrogens is 532 g/mol. The van der Waals surface area contributed by atoms with E-state index in [1.807, 2.05) is 18.2 Å². The minimum atomic E-state index is -1.43. The molecule has 4 unspecified atom stereocenters. The van der Waals surface area contributed by atoms with E-state index in [2.05, 4.69) is 33.6 Å². The Balaban J connectivity index is 2.30. The summed E-state index contributed by atoms with van der Waals surface area (Å²) in [4.78, 5) is 75.5. The number of nitrogens with two attached hydrogens (primary N) is 2. The molecule has 14 nitrogen and oxygen atoms in total. The Morgan fingerprint density at radius 2 is 1.49 bits per heavy atom. The van der Waals surface area contributed by atoms with Gasteiger partial charge in [-0.3, -0.25) is 24.0 Å². The predicted molar refractivity (Wildman–Crippen MR) is 143 cm³/mol. The van der Waals surface area contributed by atoms with Crippen LogP contribution in [0.2, 0.25) is 0 Å². The first kappa shape index (κ1) is 31.1. The van der Waals surface area contributed by atoms with Crippen LogP contribution in [0.4, 0.5) is 0 Å². The third kappa shape index (κ3) is 9.61. The van der Waals surface area contributed by atoms with Crippen molar-refractivity contribution in [2.45, 2.75) is 56.3 Å². The van der Waals surface area contributed by atoms with Crippen molar-refractivity contribution in [3.63, 3.8) is 0 Å². The van der Waals surface area contributed by atoms with Crippen LogP contribution in [-0.2, 0) is 35.2 Å². The van der Waals surface area contributed by atoms with Gasteiger partial charge in [-0.15, -0.1) is 0 Å². The van der Waals surface area contributed by atoms with Crippen molar-refractivity contribution in [3.05, 3.63) is 36.0 Å². The van der Waals surface area contributed by atoms with E-state index in [0.29, 0.717) is 5.56 Å². The molecule has 2 rings (SSSR count). The smallest absolute Gasteiger partial charge is 0.327 e. The van der Waals surface area contributed by atoms with Gasteiger partial charge in [0, 0.05) is 42.1 Å². The van der Waals surface area contributed by atoms with Gasteiger partial charge in [0.15, 0.2) is 0 Å². The van der Waals surface area contributed by atoms with Gasteiger partial charge in [-0.2, -0.15) is 12.6 Å². The largest absolute Gasteiger partial charge is 0.481 e. The van der Waals surface area contributed by atoms with E-state index in [0.717, 1.165) is 10.9 Å². The summed E-state index contributed by atoms with van der Waals surface area (Å²) in [7, 11) is 0. The highest BCUT2D eigenvalue weighted by atomic mass is 32.1. The van der Waals surface area contributed by atoms with E-state index in [1.54, 1.807) is 12.3 Å². The summed E-state index contributed by atoms with van der Waals surface area (Å²) < 4.78 is 0. The molecule has 39 heavy (non-hydrogen) atoms. The Morgan fingerprint density at radius 3 is 2.10 bits per heavy atom. The molecule has 15 heteroatoms. The number of para-hydroxylation sites is 1. The number of primary amides is 1. The molecule has 0 bridgehead atoms. The lowest BCUT2D eigenvalue weighted by atomic mass is 10.0. The Morgan fingerprint density at radius 1 is 0.872 bits per heavy atom. The Hall–Kier alpha value is -4.11. The monoisotopic (exact) mass is 564 g/mol. The molecule has 4 atom stereocenters. The van der Waals surface area contributed by atoms with Gasteiger partial charge < -0.3 is 42.6 Å². The van der Waals surface area contributed by atoms with Gasteiger partial charge in [0.25, 0.3) is 0 Å². The van der Waals surface area contributed by atoms with Crippen molar-refractivity contribution in [1.82, 2.24) is 20.9 Å². The van der Waals surface area contributed by atoms with Crippen molar-refractivity contribution in [3.8, 4) is 0 Å². The SMILES string of the molecule is NC(=O)CCC(N)C(=O)NC(Cc1c[nH]c2ccccc12)C(=O)NC(CCC(=O)O)C(=O)NC(CS)C(=O)O. The number of H-pyrrole nitrogens is 1. The maximum Gasteiger partial charge on any atom is 0.327 e. The Kier molecular flexibility index (Phi) is 11.7. The van der Waals surface area contributed by atoms with Crippen LogP contribution in [0.5, 0.6) is 0 Å². The number of hydrogen-bond acceptors (Lipinski definition) is 8. The third-order valence-corrected chi connectivity index (χ3v) is 6.21. The average Bonchev–Trinajstić information content (AvgIpc) is 3.29. The van der Waals surface area contributed by atoms with Crippen LogP contribution in [0.1, 0.15) is 31.2 Å². The summed E-state index contributed by atoms with van der Waals surface area (Å²) >= 11 is 3.88. The molecule has 2 aromatic rings. The molecule has 0 saturated heterocycles. The number of aromatic nitrogens is 1. The number of nitrogens with one attached hydrogen (secondary N) is 4. The van der Waals surface area contributed by atoms with Gasteiger partial charge in [0.1, 0.15) is 18.1 Å². The number of carbonyl (C=O) groups is 6. The summed E-state index contributed by atoms with van der Waals surface area (Å²) in [5, 5.41) is 26.2. The lowest BCUT2D eigenvalue weighted by molar-refractivity contribution is -0.142. The standard InChI is InChI=1S/C24H32N6O8S/c25-14(5-7-19(26)31)21(34)29-17(9-12-10-27-15-4-2-1-3-13(12)15)23(36)28-16(6-8-20(32)33)22(35)30-18(11-39)24(37)38/h1-4,10,14,16-18,27,39H,5-9,11,25H2,(H2,26,31)(H,28,36)(H,29,34)(H,30,35)(H,32,33)(H,37,38). The second-order valence-electron chi connectivity index (χ2n) is 8.81. The average molecular weight is 565 g/mol. The van der Waals surface area contributed by atoms with Crippen molar-refractivity contribution in [2.75, 3.05) is 5.75 Å². The van der Waals surface area contributed by atoms with E-state index in [1.165, 1.54) is 0 Å². The molecule has 0 saturated carbocycles. The number of rotatable bonds is 16. The minimum Gasteiger partial charge on any atom is -0.481 e. The fourth-order valence-electron chi connectivity index (χ4n) is 3.70. The van der Waals surface area contributed by atoms with E-state index >= 15 is 0 Å². The highest BCUT2D eigenvalue weighted by molar-refractivity contribution is 7.80. The number of benzene rings is 1. The molecule has 1 heterocycles. The first-order valence-corrected chi connectivity index (χ1v) is 12.6. The summed E-state index contributed by atoms with van der Waals surface area (Å²) in [5.41, 5.74) is 12.4. The molecule has 1 aromatic heterocycles. The zero-order chi connectivity index (χ0) is 29.1. The number of carboxylic acid groups (broad SMARTS) is 2. The predicted octanol–water partition coefficient (Wildman–Crippen LogP) is -1.36. The molecular formula is C24H32N6O8S. The molecule has 1 aromatic carbocycles. The maximum atomic E-state index is 13.4. The number of carbonyl (C=O) groups excluding carboxylic acids is 4. The quantitative estimate of drug-likeness (QED) is 0.109. The van der Waals surface area contributed by atoms with Crippen molar-refractivity contribution >= 4 is 59.1 Å². The van der Waals surface area contributed by atoms with Crippen molar-refractivity contribution < 1.29 is 39.0 Å². The molecule has 0 fully saturated rings. The van der Waals surface area contributed by atoms with E-state index in [9.17, 15) is 33.9 Å². The Bertz CT molecular complexity index is 1220. The third-order valence-electron chi connectivity index (χ3n) is 5.85. The fraction of sp³-hybridized carbons (Fsp3) is 0.417. The summed E-state index contributed by atoms with van der Waals surface area (Å²) in [6.07, 6.45) is 0.550. The van der Waals surface area contributed by atoms with Crippen molar-refractivity contribution in [1.29, 1.82) is 0 Å². The van der Waals surface area contributed by atoms with Gasteiger partial charge in [0.2, 0.25) is 23.6 Å². The van der Waals surface area contributed by atoms with Gasteiger partial charge in [-0.05, 0) is 24.5 Å². The van der Waals surface area contributed by atoms with Gasteiger partial charge in [-0.25, -0.2) is 4.79 Å². The molecule has 0 aliphatic rings. The first-order chi connectivity index (χ1) is 18.4. The molecule has 0 radical (unpaired) electrons. The molecule has 212 valence electrons. The van der Waals surface area contributed by atoms with E-state index < -0.39 is 66.2 Å². The van der Waals surface area contributed by atoms with Gasteiger partial charge in [0.05, 0.1) is 6.04 Å². The van der Waals surface area contributed by atoms with Crippen LogP contribution in [0.25, 0.3) is 10.9 Å². The lowest BCUT2D eigenvalue weighted by Crippen LogP contribution is -2.57. The highest BCUT2D eigenvalue weighted by Crippen LogP contribution is 2.19. The summed E-state index contributed by atoms with van der Waals surface area (Å²) in [5.74, 6) is -6.02. The van der Waals surface area contributed by atoms with Gasteiger partial charge >= 0.3 is 11.9 Å². The highest BCUT2D eigenvalue weighted by Gasteiger charge is 2.31.